The number of ether oxygens (including phenoxy) is 1. The van der Waals surface area contributed by atoms with Gasteiger partial charge in [-0.25, -0.2) is 0 Å². The molecule has 1 saturated heterocycles. The lowest BCUT2D eigenvalue weighted by atomic mass is 9.75. The van der Waals surface area contributed by atoms with Crippen LogP contribution in [0.5, 0.6) is 17.2 Å². The van der Waals surface area contributed by atoms with Gasteiger partial charge in [0.25, 0.3) is 0 Å². The molecule has 2 atom stereocenters. The first-order valence-electron chi connectivity index (χ1n) is 11.2. The van der Waals surface area contributed by atoms with Gasteiger partial charge in [-0.3, -0.25) is 0 Å². The topological polar surface area (TPSA) is 52.9 Å². The minimum Gasteiger partial charge on any atom is -0.508 e. The summed E-state index contributed by atoms with van der Waals surface area (Å²) >= 11 is 0. The van der Waals surface area contributed by atoms with Crippen molar-refractivity contribution in [3.05, 3.63) is 89.0 Å². The van der Waals surface area contributed by atoms with Crippen molar-refractivity contribution in [2.24, 2.45) is 0 Å². The second-order valence-corrected chi connectivity index (χ2v) is 8.75. The van der Waals surface area contributed by atoms with Crippen LogP contribution in [-0.2, 0) is 6.42 Å². The number of nitrogens with zero attached hydrogens (tertiary/aromatic N) is 1. The maximum absolute atomic E-state index is 10.2. The van der Waals surface area contributed by atoms with E-state index in [1.54, 1.807) is 18.2 Å². The van der Waals surface area contributed by atoms with E-state index in [0.717, 1.165) is 29.8 Å². The van der Waals surface area contributed by atoms with Crippen molar-refractivity contribution in [1.82, 2.24) is 4.90 Å². The fourth-order valence-corrected chi connectivity index (χ4v) is 5.01. The molecule has 2 aliphatic heterocycles. The Kier molecular flexibility index (Phi) is 5.56. The van der Waals surface area contributed by atoms with Gasteiger partial charge in [-0.15, -0.1) is 0 Å². The van der Waals surface area contributed by atoms with Crippen LogP contribution >= 0.6 is 0 Å². The Morgan fingerprint density at radius 1 is 0.806 bits per heavy atom. The van der Waals surface area contributed by atoms with Crippen LogP contribution in [0.25, 0.3) is 0 Å². The third kappa shape index (κ3) is 4.26. The molecule has 3 aromatic carbocycles. The standard InChI is InChI=1S/C27H29NO3/c29-22-9-7-20(8-10-22)25-18-31-26-12-11-23(30)17-24(26)27(25)21-5-3-19(4-6-21)13-16-28-14-1-2-15-28/h3-12,17,25,27,29-30H,1-2,13-16,18H2/t25-,27-/m0/s1. The van der Waals surface area contributed by atoms with E-state index in [1.807, 2.05) is 24.3 Å². The summed E-state index contributed by atoms with van der Waals surface area (Å²) in [4.78, 5) is 2.55. The molecule has 0 spiro atoms. The van der Waals surface area contributed by atoms with E-state index in [1.165, 1.54) is 37.1 Å². The van der Waals surface area contributed by atoms with Gasteiger partial charge >= 0.3 is 0 Å². The Labute approximate surface area is 183 Å². The highest BCUT2D eigenvalue weighted by Gasteiger charge is 2.33. The molecule has 0 bridgehead atoms. The van der Waals surface area contributed by atoms with Gasteiger partial charge in [-0.05, 0) is 79.4 Å². The molecule has 1 fully saturated rings. The highest BCUT2D eigenvalue weighted by Crippen LogP contribution is 2.47. The van der Waals surface area contributed by atoms with Gasteiger partial charge in [0.1, 0.15) is 17.2 Å². The summed E-state index contributed by atoms with van der Waals surface area (Å²) in [5, 5.41) is 19.9. The summed E-state index contributed by atoms with van der Waals surface area (Å²) in [6, 6.07) is 21.7. The maximum Gasteiger partial charge on any atom is 0.123 e. The van der Waals surface area contributed by atoms with Crippen molar-refractivity contribution in [1.29, 1.82) is 0 Å². The number of hydrogen-bond donors (Lipinski definition) is 2. The van der Waals surface area contributed by atoms with E-state index in [9.17, 15) is 10.2 Å². The van der Waals surface area contributed by atoms with Crippen LogP contribution in [0.3, 0.4) is 0 Å². The molecule has 4 heteroatoms. The molecule has 2 aliphatic rings. The van der Waals surface area contributed by atoms with Crippen LogP contribution in [0.2, 0.25) is 0 Å². The summed E-state index contributed by atoms with van der Waals surface area (Å²) in [5.74, 6) is 1.52. The lowest BCUT2D eigenvalue weighted by Gasteiger charge is -2.34. The Hall–Kier alpha value is -2.98. The molecule has 3 aromatic rings. The normalized spacial score (nSPS) is 20.9. The maximum atomic E-state index is 10.2. The molecule has 0 aliphatic carbocycles. The van der Waals surface area contributed by atoms with Gasteiger partial charge in [0.2, 0.25) is 0 Å². The van der Waals surface area contributed by atoms with Crippen molar-refractivity contribution in [2.45, 2.75) is 31.1 Å². The van der Waals surface area contributed by atoms with Crippen LogP contribution in [0, 0.1) is 0 Å². The number of benzene rings is 3. The molecule has 31 heavy (non-hydrogen) atoms. The number of fused-ring (bicyclic) bond motifs is 1. The van der Waals surface area contributed by atoms with Crippen LogP contribution in [0.4, 0.5) is 0 Å². The van der Waals surface area contributed by atoms with Crippen molar-refractivity contribution >= 4 is 0 Å². The molecule has 5 rings (SSSR count). The first kappa shape index (κ1) is 20.0. The second kappa shape index (κ2) is 8.64. The quantitative estimate of drug-likeness (QED) is 0.613. The lowest BCUT2D eigenvalue weighted by molar-refractivity contribution is 0.248. The molecule has 0 saturated carbocycles. The number of phenolic OH excluding ortho intramolecular Hbond substituents is 2. The third-order valence-corrected chi connectivity index (χ3v) is 6.72. The molecule has 0 amide bonds. The zero-order valence-corrected chi connectivity index (χ0v) is 17.7. The zero-order valence-electron chi connectivity index (χ0n) is 17.7. The van der Waals surface area contributed by atoms with Crippen LogP contribution in [0.1, 0.15) is 46.9 Å². The molecule has 0 aromatic heterocycles. The summed E-state index contributed by atoms with van der Waals surface area (Å²) in [6.07, 6.45) is 3.73. The molecule has 160 valence electrons. The number of rotatable bonds is 5. The molecule has 0 unspecified atom stereocenters. The van der Waals surface area contributed by atoms with E-state index in [2.05, 4.69) is 29.2 Å². The molecule has 4 nitrogen and oxygen atoms in total. The molecular formula is C27H29NO3. The SMILES string of the molecule is Oc1ccc([C@@H]2COc3ccc(O)cc3[C@@H]2c2ccc(CCN3CCCC3)cc2)cc1. The highest BCUT2D eigenvalue weighted by molar-refractivity contribution is 5.51. The average molecular weight is 416 g/mol. The average Bonchev–Trinajstić information content (AvgIpc) is 3.32. The van der Waals surface area contributed by atoms with Crippen molar-refractivity contribution in [3.8, 4) is 17.2 Å². The number of aromatic hydroxyl groups is 2. The third-order valence-electron chi connectivity index (χ3n) is 6.72. The summed E-state index contributed by atoms with van der Waals surface area (Å²) in [6.45, 7) is 4.15. The van der Waals surface area contributed by atoms with Gasteiger partial charge in [-0.1, -0.05) is 36.4 Å². The van der Waals surface area contributed by atoms with Gasteiger partial charge in [0.05, 0.1) is 6.61 Å². The Morgan fingerprint density at radius 2 is 1.48 bits per heavy atom. The van der Waals surface area contributed by atoms with E-state index in [-0.39, 0.29) is 23.3 Å². The fourth-order valence-electron chi connectivity index (χ4n) is 5.01. The molecule has 2 heterocycles. The Bertz CT molecular complexity index is 1020. The number of phenols is 2. The first-order chi connectivity index (χ1) is 15.2. The smallest absolute Gasteiger partial charge is 0.123 e. The van der Waals surface area contributed by atoms with Gasteiger partial charge in [0.15, 0.2) is 0 Å². The van der Waals surface area contributed by atoms with E-state index in [4.69, 9.17) is 4.74 Å². The molecular weight excluding hydrogens is 386 g/mol. The Balaban J connectivity index is 1.45. The van der Waals surface area contributed by atoms with Gasteiger partial charge < -0.3 is 19.8 Å². The predicted octanol–water partition coefficient (Wildman–Crippen LogP) is 5.04. The largest absolute Gasteiger partial charge is 0.508 e. The van der Waals surface area contributed by atoms with Crippen LogP contribution in [-0.4, -0.2) is 41.4 Å². The van der Waals surface area contributed by atoms with Crippen molar-refractivity contribution in [3.63, 3.8) is 0 Å². The number of likely N-dealkylation sites (tertiary alicyclic amines) is 1. The summed E-state index contributed by atoms with van der Waals surface area (Å²) < 4.78 is 6.07. The number of hydrogen-bond acceptors (Lipinski definition) is 4. The highest BCUT2D eigenvalue weighted by atomic mass is 16.5. The second-order valence-electron chi connectivity index (χ2n) is 8.75. The lowest BCUT2D eigenvalue weighted by Crippen LogP contribution is -2.25. The van der Waals surface area contributed by atoms with Crippen LogP contribution in [0.15, 0.2) is 66.7 Å². The summed E-state index contributed by atoms with van der Waals surface area (Å²) in [7, 11) is 0. The van der Waals surface area contributed by atoms with Crippen molar-refractivity contribution in [2.75, 3.05) is 26.2 Å². The zero-order chi connectivity index (χ0) is 21.2. The predicted molar refractivity (Wildman–Crippen MR) is 122 cm³/mol. The Morgan fingerprint density at radius 3 is 2.23 bits per heavy atom. The molecule has 0 radical (unpaired) electrons. The monoisotopic (exact) mass is 415 g/mol. The minimum atomic E-state index is 0.0769. The van der Waals surface area contributed by atoms with E-state index >= 15 is 0 Å². The van der Waals surface area contributed by atoms with Crippen molar-refractivity contribution < 1.29 is 14.9 Å². The summed E-state index contributed by atoms with van der Waals surface area (Å²) in [5.41, 5.74) is 4.71. The van der Waals surface area contributed by atoms with Crippen LogP contribution < -0.4 is 4.74 Å². The van der Waals surface area contributed by atoms with E-state index < -0.39 is 0 Å². The minimum absolute atomic E-state index is 0.0769. The molecule has 2 N–H and O–H groups in total. The van der Waals surface area contributed by atoms with Gasteiger partial charge in [0, 0.05) is 23.9 Å². The fraction of sp³-hybridized carbons (Fsp3) is 0.333. The van der Waals surface area contributed by atoms with E-state index in [0.29, 0.717) is 6.61 Å². The first-order valence-corrected chi connectivity index (χ1v) is 11.2. The van der Waals surface area contributed by atoms with Gasteiger partial charge in [-0.2, -0.15) is 0 Å².